The quantitative estimate of drug-likeness (QED) is 0.402. The Hall–Kier alpha value is -3.40. The van der Waals surface area contributed by atoms with Gasteiger partial charge in [0.25, 0.3) is 0 Å². The lowest BCUT2D eigenvalue weighted by Crippen LogP contribution is -2.47. The van der Waals surface area contributed by atoms with Gasteiger partial charge in [-0.25, -0.2) is 8.42 Å². The van der Waals surface area contributed by atoms with E-state index in [1.807, 2.05) is 0 Å². The van der Waals surface area contributed by atoms with Crippen molar-refractivity contribution >= 4 is 39.2 Å². The van der Waals surface area contributed by atoms with Gasteiger partial charge in [-0.15, -0.1) is 0 Å². The first-order valence-corrected chi connectivity index (χ1v) is 11.7. The molecule has 8 nitrogen and oxygen atoms in total. The summed E-state index contributed by atoms with van der Waals surface area (Å²) in [5.41, 5.74) is 0.942. The third-order valence-corrected chi connectivity index (χ3v) is 6.21. The van der Waals surface area contributed by atoms with Gasteiger partial charge < -0.3 is 15.2 Å². The minimum absolute atomic E-state index is 0.0533. The van der Waals surface area contributed by atoms with E-state index in [1.54, 1.807) is 54.6 Å². The van der Waals surface area contributed by atoms with Crippen LogP contribution in [-0.4, -0.2) is 38.0 Å². The highest BCUT2D eigenvalue weighted by Crippen LogP contribution is 2.16. The lowest BCUT2D eigenvalue weighted by Gasteiger charge is -2.19. The van der Waals surface area contributed by atoms with Gasteiger partial charge in [-0.1, -0.05) is 41.9 Å². The van der Waals surface area contributed by atoms with Crippen LogP contribution < -0.4 is 14.8 Å². The molecule has 0 fully saturated rings. The average molecular weight is 489 g/mol. The van der Waals surface area contributed by atoms with E-state index in [4.69, 9.17) is 21.4 Å². The molecule has 3 aromatic rings. The van der Waals surface area contributed by atoms with Crippen molar-refractivity contribution in [2.24, 2.45) is 0 Å². The fraction of sp³-hybridized carbons (Fsp3) is 0.130. The predicted octanol–water partition coefficient (Wildman–Crippen LogP) is 3.33. The van der Waals surface area contributed by atoms with Crippen molar-refractivity contribution in [3.8, 4) is 5.75 Å². The number of amides is 1. The molecule has 3 aromatic carbocycles. The number of rotatable bonds is 10. The molecular formula is C23H21ClN2O6S. The van der Waals surface area contributed by atoms with Crippen LogP contribution in [0.4, 0.5) is 5.69 Å². The molecule has 1 amide bonds. The Labute approximate surface area is 196 Å². The number of carbonyl (C=O) groups is 2. The molecule has 0 aliphatic carbocycles. The van der Waals surface area contributed by atoms with E-state index in [0.29, 0.717) is 22.0 Å². The molecular weight excluding hydrogens is 468 g/mol. The van der Waals surface area contributed by atoms with Gasteiger partial charge in [0.05, 0.1) is 11.3 Å². The minimum atomic E-state index is -4.05. The summed E-state index contributed by atoms with van der Waals surface area (Å²) in [5.74, 6) is -1.14. The van der Waals surface area contributed by atoms with Crippen LogP contribution in [0.15, 0.2) is 83.8 Å². The first-order valence-electron chi connectivity index (χ1n) is 9.80. The van der Waals surface area contributed by atoms with E-state index in [0.717, 1.165) is 0 Å². The SMILES string of the molecule is O=C(O)Cc1ccc(NC(=O)[C@H](COc2ccccc2)NS(=O)(=O)c2ccc(Cl)cc2)cc1. The van der Waals surface area contributed by atoms with Gasteiger partial charge in [0.1, 0.15) is 18.4 Å². The van der Waals surface area contributed by atoms with E-state index < -0.39 is 27.9 Å². The molecule has 0 radical (unpaired) electrons. The Morgan fingerprint density at radius 3 is 2.18 bits per heavy atom. The largest absolute Gasteiger partial charge is 0.491 e. The highest BCUT2D eigenvalue weighted by Gasteiger charge is 2.27. The summed E-state index contributed by atoms with van der Waals surface area (Å²) in [6.45, 7) is -0.264. The van der Waals surface area contributed by atoms with Crippen LogP contribution in [0.5, 0.6) is 5.75 Å². The average Bonchev–Trinajstić information content (AvgIpc) is 2.78. The molecule has 0 aromatic heterocycles. The molecule has 0 aliphatic heterocycles. The lowest BCUT2D eigenvalue weighted by molar-refractivity contribution is -0.136. The number of halogens is 1. The summed E-state index contributed by atoms with van der Waals surface area (Å²) in [7, 11) is -4.05. The van der Waals surface area contributed by atoms with Gasteiger partial charge in [0, 0.05) is 10.7 Å². The zero-order chi connectivity index (χ0) is 23.8. The number of nitrogens with one attached hydrogen (secondary N) is 2. The van der Waals surface area contributed by atoms with Crippen molar-refractivity contribution in [2.75, 3.05) is 11.9 Å². The Kier molecular flexibility index (Phi) is 8.05. The summed E-state index contributed by atoms with van der Waals surface area (Å²) in [6.07, 6.45) is -0.150. The molecule has 172 valence electrons. The fourth-order valence-corrected chi connectivity index (χ4v) is 4.14. The molecule has 0 saturated carbocycles. The van der Waals surface area contributed by atoms with E-state index in [-0.39, 0.29) is 17.9 Å². The van der Waals surface area contributed by atoms with E-state index in [2.05, 4.69) is 10.0 Å². The fourth-order valence-electron chi connectivity index (χ4n) is 2.84. The van der Waals surface area contributed by atoms with Gasteiger partial charge >= 0.3 is 5.97 Å². The standard InChI is InChI=1S/C23H21ClN2O6S/c24-17-8-12-20(13-9-17)33(30,31)26-21(15-32-19-4-2-1-3-5-19)23(29)25-18-10-6-16(7-11-18)14-22(27)28/h1-13,21,26H,14-15H2,(H,25,29)(H,27,28)/t21-/m0/s1. The molecule has 3 rings (SSSR count). The molecule has 1 atom stereocenters. The zero-order valence-electron chi connectivity index (χ0n) is 17.3. The number of hydrogen-bond donors (Lipinski definition) is 3. The Morgan fingerprint density at radius 1 is 0.939 bits per heavy atom. The van der Waals surface area contributed by atoms with Crippen LogP contribution in [0.2, 0.25) is 5.02 Å². The number of carboxylic acids is 1. The van der Waals surface area contributed by atoms with Gasteiger partial charge in [-0.2, -0.15) is 4.72 Å². The first kappa shape index (κ1) is 24.2. The van der Waals surface area contributed by atoms with Gasteiger partial charge in [0.15, 0.2) is 0 Å². The topological polar surface area (TPSA) is 122 Å². The van der Waals surface area contributed by atoms with Crippen molar-refractivity contribution in [2.45, 2.75) is 17.4 Å². The van der Waals surface area contributed by atoms with Crippen molar-refractivity contribution < 1.29 is 27.9 Å². The zero-order valence-corrected chi connectivity index (χ0v) is 18.8. The van der Waals surface area contributed by atoms with Crippen molar-refractivity contribution in [3.63, 3.8) is 0 Å². The van der Waals surface area contributed by atoms with Crippen molar-refractivity contribution in [1.29, 1.82) is 0 Å². The van der Waals surface area contributed by atoms with E-state index >= 15 is 0 Å². The molecule has 0 unspecified atom stereocenters. The van der Waals surface area contributed by atoms with Gasteiger partial charge in [-0.3, -0.25) is 9.59 Å². The van der Waals surface area contributed by atoms with Crippen LogP contribution in [0, 0.1) is 0 Å². The second-order valence-corrected chi connectivity index (χ2v) is 9.16. The van der Waals surface area contributed by atoms with Crippen LogP contribution in [0.1, 0.15) is 5.56 Å². The summed E-state index contributed by atoms with van der Waals surface area (Å²) in [4.78, 5) is 23.7. The number of carboxylic acid groups (broad SMARTS) is 1. The molecule has 33 heavy (non-hydrogen) atoms. The number of carbonyl (C=O) groups excluding carboxylic acids is 1. The maximum absolute atomic E-state index is 12.9. The van der Waals surface area contributed by atoms with Crippen molar-refractivity contribution in [3.05, 3.63) is 89.4 Å². The van der Waals surface area contributed by atoms with Crippen LogP contribution in [0.3, 0.4) is 0 Å². The summed E-state index contributed by atoms with van der Waals surface area (Å²) in [5, 5.41) is 11.9. The Morgan fingerprint density at radius 2 is 1.58 bits per heavy atom. The molecule has 0 saturated heterocycles. The van der Waals surface area contributed by atoms with E-state index in [9.17, 15) is 18.0 Å². The predicted molar refractivity (Wildman–Crippen MR) is 124 cm³/mol. The summed E-state index contributed by atoms with van der Waals surface area (Å²) >= 11 is 5.83. The third kappa shape index (κ3) is 7.31. The minimum Gasteiger partial charge on any atom is -0.491 e. The molecule has 10 heteroatoms. The number of benzene rings is 3. The highest BCUT2D eigenvalue weighted by molar-refractivity contribution is 7.89. The second kappa shape index (κ2) is 11.0. The molecule has 0 bridgehead atoms. The third-order valence-electron chi connectivity index (χ3n) is 4.47. The second-order valence-electron chi connectivity index (χ2n) is 7.01. The number of hydrogen-bond acceptors (Lipinski definition) is 5. The first-order chi connectivity index (χ1) is 15.7. The van der Waals surface area contributed by atoms with E-state index in [1.165, 1.54) is 24.3 Å². The Balaban J connectivity index is 1.77. The van der Waals surface area contributed by atoms with Crippen LogP contribution in [0.25, 0.3) is 0 Å². The lowest BCUT2D eigenvalue weighted by atomic mass is 10.1. The Bertz CT molecular complexity index is 1200. The highest BCUT2D eigenvalue weighted by atomic mass is 35.5. The number of para-hydroxylation sites is 1. The normalized spacial score (nSPS) is 12.0. The molecule has 0 heterocycles. The van der Waals surface area contributed by atoms with Crippen LogP contribution in [-0.2, 0) is 26.0 Å². The number of aliphatic carboxylic acids is 1. The smallest absolute Gasteiger partial charge is 0.307 e. The van der Waals surface area contributed by atoms with Gasteiger partial charge in [0.2, 0.25) is 15.9 Å². The maximum atomic E-state index is 12.9. The molecule has 3 N–H and O–H groups in total. The maximum Gasteiger partial charge on any atom is 0.307 e. The monoisotopic (exact) mass is 488 g/mol. The van der Waals surface area contributed by atoms with Crippen LogP contribution >= 0.6 is 11.6 Å². The van der Waals surface area contributed by atoms with Crippen molar-refractivity contribution in [1.82, 2.24) is 4.72 Å². The molecule has 0 aliphatic rings. The number of sulfonamides is 1. The molecule has 0 spiro atoms. The number of anilines is 1. The summed E-state index contributed by atoms with van der Waals surface area (Å²) < 4.78 is 33.6. The van der Waals surface area contributed by atoms with Gasteiger partial charge in [-0.05, 0) is 54.1 Å². The summed E-state index contributed by atoms with van der Waals surface area (Å²) in [6, 6.07) is 19.2. The number of ether oxygens (including phenoxy) is 1.